The molecule has 0 saturated carbocycles. The molecule has 11 N–H and O–H groups in total. The summed E-state index contributed by atoms with van der Waals surface area (Å²) < 4.78 is 0. The molecule has 4 amide bonds. The van der Waals surface area contributed by atoms with E-state index < -0.39 is 72.1 Å². The Morgan fingerprint density at radius 1 is 0.857 bits per heavy atom. The van der Waals surface area contributed by atoms with E-state index in [9.17, 15) is 39.0 Å². The van der Waals surface area contributed by atoms with E-state index >= 15 is 0 Å². The van der Waals surface area contributed by atoms with Gasteiger partial charge in [0.25, 0.3) is 0 Å². The van der Waals surface area contributed by atoms with E-state index in [4.69, 9.17) is 17.2 Å². The molecule has 0 bridgehead atoms. The van der Waals surface area contributed by atoms with Crippen LogP contribution in [0.15, 0.2) is 0 Å². The summed E-state index contributed by atoms with van der Waals surface area (Å²) in [5.41, 5.74) is 16.3. The number of nitrogens with one attached hydrogen (secondary N) is 3. The van der Waals surface area contributed by atoms with Crippen molar-refractivity contribution >= 4 is 35.6 Å². The Labute approximate surface area is 203 Å². The Hall–Kier alpha value is -3.26. The first-order chi connectivity index (χ1) is 16.3. The van der Waals surface area contributed by atoms with Crippen molar-refractivity contribution < 1.29 is 39.0 Å². The third-order valence-corrected chi connectivity index (χ3v) is 5.40. The summed E-state index contributed by atoms with van der Waals surface area (Å²) >= 11 is 0. The number of carboxylic acids is 2. The monoisotopic (exact) mass is 502 g/mol. The molecule has 0 radical (unpaired) electrons. The van der Waals surface area contributed by atoms with Crippen LogP contribution in [-0.4, -0.2) is 76.5 Å². The van der Waals surface area contributed by atoms with Crippen LogP contribution < -0.4 is 33.2 Å². The van der Waals surface area contributed by atoms with E-state index in [0.29, 0.717) is 32.2 Å². The molecule has 0 rings (SSSR count). The molecule has 0 aliphatic rings. The summed E-state index contributed by atoms with van der Waals surface area (Å²) in [6.07, 6.45) is 0.609. The lowest BCUT2D eigenvalue weighted by Gasteiger charge is -2.27. The maximum absolute atomic E-state index is 13.0. The molecule has 0 fully saturated rings. The van der Waals surface area contributed by atoms with Gasteiger partial charge in [-0.2, -0.15) is 0 Å². The largest absolute Gasteiger partial charge is 0.481 e. The van der Waals surface area contributed by atoms with Crippen LogP contribution in [0.2, 0.25) is 0 Å². The number of carbonyl (C=O) groups excluding carboxylic acids is 4. The van der Waals surface area contributed by atoms with E-state index in [1.807, 2.05) is 0 Å². The van der Waals surface area contributed by atoms with Crippen LogP contribution in [0, 0.1) is 5.92 Å². The van der Waals surface area contributed by atoms with Crippen molar-refractivity contribution in [3.05, 3.63) is 0 Å². The zero-order chi connectivity index (χ0) is 27.1. The summed E-state index contributed by atoms with van der Waals surface area (Å²) in [5, 5.41) is 25.4. The topological polar surface area (TPSA) is 257 Å². The SMILES string of the molecule is CCC(C)C(NC(=O)C(N)CCCCN)C(=O)NC(CC(=O)O)C(=O)NC(CCC(N)=O)C(=O)O. The Balaban J connectivity index is 5.50. The van der Waals surface area contributed by atoms with Crippen LogP contribution in [-0.2, 0) is 28.8 Å². The second-order valence-corrected chi connectivity index (χ2v) is 8.33. The van der Waals surface area contributed by atoms with Crippen molar-refractivity contribution in [3.8, 4) is 0 Å². The lowest BCUT2D eigenvalue weighted by atomic mass is 9.97. The normalized spacial score (nSPS) is 15.1. The Bertz CT molecular complexity index is 762. The van der Waals surface area contributed by atoms with E-state index in [1.54, 1.807) is 13.8 Å². The van der Waals surface area contributed by atoms with Gasteiger partial charge in [-0.1, -0.05) is 26.7 Å². The molecule has 0 aromatic heterocycles. The smallest absolute Gasteiger partial charge is 0.326 e. The summed E-state index contributed by atoms with van der Waals surface area (Å²) in [6.45, 7) is 3.90. The fourth-order valence-corrected chi connectivity index (χ4v) is 3.06. The van der Waals surface area contributed by atoms with Gasteiger partial charge in [-0.3, -0.25) is 24.0 Å². The van der Waals surface area contributed by atoms with Crippen LogP contribution >= 0.6 is 0 Å². The number of carbonyl (C=O) groups is 6. The summed E-state index contributed by atoms with van der Waals surface area (Å²) in [4.78, 5) is 71.7. The first-order valence-electron chi connectivity index (χ1n) is 11.4. The van der Waals surface area contributed by atoms with Crippen molar-refractivity contribution in [2.75, 3.05) is 6.54 Å². The lowest BCUT2D eigenvalue weighted by Crippen LogP contribution is -2.59. The molecule has 0 saturated heterocycles. The van der Waals surface area contributed by atoms with Gasteiger partial charge in [0.2, 0.25) is 23.6 Å². The second-order valence-electron chi connectivity index (χ2n) is 8.33. The van der Waals surface area contributed by atoms with Crippen LogP contribution in [0.3, 0.4) is 0 Å². The number of unbranched alkanes of at least 4 members (excludes halogenated alkanes) is 1. The molecule has 14 heteroatoms. The molecule has 14 nitrogen and oxygen atoms in total. The number of rotatable bonds is 18. The van der Waals surface area contributed by atoms with E-state index in [2.05, 4.69) is 16.0 Å². The minimum absolute atomic E-state index is 0.322. The Kier molecular flexibility index (Phi) is 14.9. The van der Waals surface area contributed by atoms with Gasteiger partial charge >= 0.3 is 11.9 Å². The lowest BCUT2D eigenvalue weighted by molar-refractivity contribution is -0.144. The van der Waals surface area contributed by atoms with Crippen molar-refractivity contribution in [3.63, 3.8) is 0 Å². The number of nitrogens with two attached hydrogens (primary N) is 3. The highest BCUT2D eigenvalue weighted by molar-refractivity contribution is 5.95. The molecular formula is C21H38N6O8. The number of primary amides is 1. The first kappa shape index (κ1) is 31.7. The summed E-state index contributed by atoms with van der Waals surface area (Å²) in [7, 11) is 0. The standard InChI is InChI=1S/C21H38N6O8/c1-3-11(2)17(27-18(31)12(23)6-4-5-9-22)20(33)26-14(10-16(29)30)19(32)25-13(21(34)35)7-8-15(24)28/h11-14,17H,3-10,22-23H2,1-2H3,(H2,24,28)(H,25,32)(H,26,33)(H,27,31)(H,29,30)(H,34,35). The van der Waals surface area contributed by atoms with E-state index in [0.717, 1.165) is 0 Å². The molecule has 0 aliphatic carbocycles. The molecule has 0 aromatic rings. The van der Waals surface area contributed by atoms with Crippen LogP contribution in [0.25, 0.3) is 0 Å². The Morgan fingerprint density at radius 2 is 1.46 bits per heavy atom. The van der Waals surface area contributed by atoms with Crippen LogP contribution in [0.4, 0.5) is 0 Å². The molecule has 0 heterocycles. The third-order valence-electron chi connectivity index (χ3n) is 5.40. The minimum atomic E-state index is -1.64. The van der Waals surface area contributed by atoms with Gasteiger partial charge in [-0.05, 0) is 31.7 Å². The zero-order valence-electron chi connectivity index (χ0n) is 20.1. The van der Waals surface area contributed by atoms with Gasteiger partial charge < -0.3 is 43.4 Å². The molecule has 200 valence electrons. The van der Waals surface area contributed by atoms with Crippen LogP contribution in [0.1, 0.15) is 58.8 Å². The predicted octanol–water partition coefficient (Wildman–Crippen LogP) is -2.23. The Morgan fingerprint density at radius 3 is 1.94 bits per heavy atom. The zero-order valence-corrected chi connectivity index (χ0v) is 20.1. The molecule has 5 unspecified atom stereocenters. The maximum atomic E-state index is 13.0. The molecular weight excluding hydrogens is 464 g/mol. The van der Waals surface area contributed by atoms with Crippen LogP contribution in [0.5, 0.6) is 0 Å². The van der Waals surface area contributed by atoms with Gasteiger partial charge in [-0.15, -0.1) is 0 Å². The fraction of sp³-hybridized carbons (Fsp3) is 0.714. The quantitative estimate of drug-likeness (QED) is 0.0935. The van der Waals surface area contributed by atoms with Gasteiger partial charge in [0.05, 0.1) is 12.5 Å². The fourth-order valence-electron chi connectivity index (χ4n) is 3.06. The highest BCUT2D eigenvalue weighted by Crippen LogP contribution is 2.10. The summed E-state index contributed by atoms with van der Waals surface area (Å²) in [5.74, 6) is -6.56. The minimum Gasteiger partial charge on any atom is -0.481 e. The molecule has 0 spiro atoms. The number of amides is 4. The third kappa shape index (κ3) is 12.7. The van der Waals surface area contributed by atoms with Crippen molar-refractivity contribution in [2.45, 2.75) is 83.0 Å². The van der Waals surface area contributed by atoms with Crippen molar-refractivity contribution in [1.82, 2.24) is 16.0 Å². The average Bonchev–Trinajstić information content (AvgIpc) is 2.78. The second kappa shape index (κ2) is 16.4. The predicted molar refractivity (Wildman–Crippen MR) is 124 cm³/mol. The molecule has 0 aromatic carbocycles. The van der Waals surface area contributed by atoms with E-state index in [1.165, 1.54) is 0 Å². The molecule has 5 atom stereocenters. The number of hydrogen-bond donors (Lipinski definition) is 8. The first-order valence-corrected chi connectivity index (χ1v) is 11.4. The van der Waals surface area contributed by atoms with E-state index in [-0.39, 0.29) is 12.8 Å². The van der Waals surface area contributed by atoms with Gasteiger partial charge in [0.1, 0.15) is 18.1 Å². The van der Waals surface area contributed by atoms with Crippen molar-refractivity contribution in [2.24, 2.45) is 23.1 Å². The molecule has 0 aliphatic heterocycles. The number of hydrogen-bond acceptors (Lipinski definition) is 8. The van der Waals surface area contributed by atoms with Gasteiger partial charge in [0, 0.05) is 6.42 Å². The molecule has 35 heavy (non-hydrogen) atoms. The average molecular weight is 503 g/mol. The number of carboxylic acid groups (broad SMARTS) is 2. The summed E-state index contributed by atoms with van der Waals surface area (Å²) in [6, 6.07) is -5.18. The van der Waals surface area contributed by atoms with Gasteiger partial charge in [-0.25, -0.2) is 4.79 Å². The van der Waals surface area contributed by atoms with Crippen molar-refractivity contribution in [1.29, 1.82) is 0 Å². The maximum Gasteiger partial charge on any atom is 0.326 e. The highest BCUT2D eigenvalue weighted by atomic mass is 16.4. The highest BCUT2D eigenvalue weighted by Gasteiger charge is 2.33. The number of aliphatic carboxylic acids is 2. The van der Waals surface area contributed by atoms with Gasteiger partial charge in [0.15, 0.2) is 0 Å².